The van der Waals surface area contributed by atoms with Crippen LogP contribution < -0.4 is 5.73 Å². The van der Waals surface area contributed by atoms with Crippen molar-refractivity contribution >= 4 is 5.84 Å². The lowest BCUT2D eigenvalue weighted by Gasteiger charge is -2.36. The fourth-order valence-corrected chi connectivity index (χ4v) is 2.87. The number of rotatable bonds is 5. The Bertz CT molecular complexity index is 325. The van der Waals surface area contributed by atoms with E-state index < -0.39 is 17.9 Å². The van der Waals surface area contributed by atoms with Gasteiger partial charge in [-0.05, 0) is 38.6 Å². The quantitative estimate of drug-likeness (QED) is 0.355. The lowest BCUT2D eigenvalue weighted by molar-refractivity contribution is -0.161. The molecular weight excluding hydrogens is 271 g/mol. The first-order valence-electron chi connectivity index (χ1n) is 7.03. The third-order valence-electron chi connectivity index (χ3n) is 4.36. The maximum Gasteiger partial charge on any atom is 0.400 e. The highest BCUT2D eigenvalue weighted by Crippen LogP contribution is 2.32. The van der Waals surface area contributed by atoms with Crippen LogP contribution in [0.3, 0.4) is 0 Å². The zero-order valence-corrected chi connectivity index (χ0v) is 12.0. The predicted molar refractivity (Wildman–Crippen MR) is 71.6 cm³/mol. The molecule has 0 spiro atoms. The van der Waals surface area contributed by atoms with Crippen molar-refractivity contribution in [3.8, 4) is 0 Å². The molecule has 7 heteroatoms. The van der Waals surface area contributed by atoms with Crippen molar-refractivity contribution in [2.45, 2.75) is 51.2 Å². The molecule has 1 aliphatic rings. The first-order chi connectivity index (χ1) is 9.29. The second kappa shape index (κ2) is 7.15. The van der Waals surface area contributed by atoms with Gasteiger partial charge in [-0.3, -0.25) is 0 Å². The number of hydrogen-bond acceptors (Lipinski definition) is 3. The zero-order chi connectivity index (χ0) is 15.3. The summed E-state index contributed by atoms with van der Waals surface area (Å²) in [5.41, 5.74) is 5.18. The molecule has 1 unspecified atom stereocenters. The Labute approximate surface area is 117 Å². The molecule has 0 heterocycles. The Kier molecular flexibility index (Phi) is 6.10. The van der Waals surface area contributed by atoms with E-state index in [0.29, 0.717) is 5.92 Å². The third kappa shape index (κ3) is 4.54. The average molecular weight is 295 g/mol. The van der Waals surface area contributed by atoms with Crippen LogP contribution in [0.4, 0.5) is 13.2 Å². The van der Waals surface area contributed by atoms with E-state index >= 15 is 0 Å². The Morgan fingerprint density at radius 3 is 2.30 bits per heavy atom. The van der Waals surface area contributed by atoms with Crippen LogP contribution in [0.2, 0.25) is 0 Å². The summed E-state index contributed by atoms with van der Waals surface area (Å²) >= 11 is 0. The maximum absolute atomic E-state index is 12.9. The van der Waals surface area contributed by atoms with Crippen molar-refractivity contribution in [1.82, 2.24) is 4.90 Å². The van der Waals surface area contributed by atoms with Gasteiger partial charge in [-0.15, -0.1) is 0 Å². The molecule has 0 bridgehead atoms. The Morgan fingerprint density at radius 1 is 1.35 bits per heavy atom. The number of halogens is 3. The number of amidine groups is 1. The van der Waals surface area contributed by atoms with E-state index in [1.165, 1.54) is 0 Å². The van der Waals surface area contributed by atoms with E-state index in [-0.39, 0.29) is 12.6 Å². The van der Waals surface area contributed by atoms with Crippen LogP contribution in [0.15, 0.2) is 5.16 Å². The maximum atomic E-state index is 12.9. The molecule has 0 aliphatic heterocycles. The highest BCUT2D eigenvalue weighted by Gasteiger charge is 2.44. The van der Waals surface area contributed by atoms with Crippen LogP contribution in [-0.4, -0.2) is 41.8 Å². The molecule has 0 aromatic carbocycles. The molecule has 1 atom stereocenters. The molecule has 0 radical (unpaired) electrons. The van der Waals surface area contributed by atoms with Crippen molar-refractivity contribution in [1.29, 1.82) is 0 Å². The highest BCUT2D eigenvalue weighted by molar-refractivity contribution is 5.83. The summed E-state index contributed by atoms with van der Waals surface area (Å²) in [4.78, 5) is 1.70. The van der Waals surface area contributed by atoms with E-state index in [4.69, 9.17) is 10.9 Å². The topological polar surface area (TPSA) is 61.8 Å². The van der Waals surface area contributed by atoms with E-state index in [0.717, 1.165) is 32.1 Å². The molecule has 0 saturated heterocycles. The van der Waals surface area contributed by atoms with Crippen molar-refractivity contribution < 1.29 is 18.4 Å². The average Bonchev–Trinajstić information content (AvgIpc) is 2.42. The van der Waals surface area contributed by atoms with Gasteiger partial charge in [0.1, 0.15) is 5.92 Å². The van der Waals surface area contributed by atoms with Crippen molar-refractivity contribution in [3.05, 3.63) is 0 Å². The first kappa shape index (κ1) is 17.1. The lowest BCUT2D eigenvalue weighted by atomic mass is 9.84. The molecule has 0 aromatic heterocycles. The molecule has 1 fully saturated rings. The number of alkyl halides is 3. The molecule has 4 nitrogen and oxygen atoms in total. The van der Waals surface area contributed by atoms with E-state index in [9.17, 15) is 13.2 Å². The van der Waals surface area contributed by atoms with Gasteiger partial charge >= 0.3 is 6.18 Å². The zero-order valence-electron chi connectivity index (χ0n) is 12.0. The summed E-state index contributed by atoms with van der Waals surface area (Å²) < 4.78 is 38.7. The summed E-state index contributed by atoms with van der Waals surface area (Å²) in [6, 6.07) is 0.147. The molecule has 3 N–H and O–H groups in total. The van der Waals surface area contributed by atoms with E-state index in [1.807, 2.05) is 0 Å². The predicted octanol–water partition coefficient (Wildman–Crippen LogP) is 2.81. The minimum atomic E-state index is -4.49. The largest absolute Gasteiger partial charge is 0.409 e. The van der Waals surface area contributed by atoms with Gasteiger partial charge < -0.3 is 15.8 Å². The normalized spacial score (nSPS) is 26.8. The first-order valence-corrected chi connectivity index (χ1v) is 7.03. The van der Waals surface area contributed by atoms with Crippen LogP contribution in [0.5, 0.6) is 0 Å². The molecule has 1 rings (SSSR count). The van der Waals surface area contributed by atoms with Crippen molar-refractivity contribution in [2.75, 3.05) is 13.6 Å². The van der Waals surface area contributed by atoms with Crippen LogP contribution in [0, 0.1) is 11.8 Å². The van der Waals surface area contributed by atoms with Crippen LogP contribution >= 0.6 is 0 Å². The van der Waals surface area contributed by atoms with Gasteiger partial charge in [-0.25, -0.2) is 0 Å². The Morgan fingerprint density at radius 2 is 1.90 bits per heavy atom. The molecule has 1 saturated carbocycles. The molecular formula is C13H24F3N3O. The number of hydrogen-bond donors (Lipinski definition) is 2. The fourth-order valence-electron chi connectivity index (χ4n) is 2.87. The van der Waals surface area contributed by atoms with Gasteiger partial charge in [-0.2, -0.15) is 13.2 Å². The monoisotopic (exact) mass is 295 g/mol. The van der Waals surface area contributed by atoms with Gasteiger partial charge in [0.15, 0.2) is 5.84 Å². The SMILES string of the molecule is CCC1CCC(N(C)CC(C(N)=NO)C(F)(F)F)CC1. The summed E-state index contributed by atoms with van der Waals surface area (Å²) in [7, 11) is 1.68. The number of oxime groups is 1. The smallest absolute Gasteiger partial charge is 0.400 e. The summed E-state index contributed by atoms with van der Waals surface area (Å²) in [5, 5.41) is 11.0. The van der Waals surface area contributed by atoms with E-state index in [2.05, 4.69) is 12.1 Å². The van der Waals surface area contributed by atoms with Crippen LogP contribution in [0.1, 0.15) is 39.0 Å². The molecule has 20 heavy (non-hydrogen) atoms. The van der Waals surface area contributed by atoms with Crippen molar-refractivity contribution in [2.24, 2.45) is 22.7 Å². The minimum absolute atomic E-state index is 0.147. The summed E-state index contributed by atoms with van der Waals surface area (Å²) in [6.45, 7) is 1.88. The van der Waals surface area contributed by atoms with Crippen molar-refractivity contribution in [3.63, 3.8) is 0 Å². The number of nitrogens with zero attached hydrogens (tertiary/aromatic N) is 2. The van der Waals surface area contributed by atoms with E-state index in [1.54, 1.807) is 11.9 Å². The Balaban J connectivity index is 2.61. The minimum Gasteiger partial charge on any atom is -0.409 e. The molecule has 118 valence electrons. The second-order valence-electron chi connectivity index (χ2n) is 5.64. The second-order valence-corrected chi connectivity index (χ2v) is 5.64. The lowest BCUT2D eigenvalue weighted by Crippen LogP contribution is -2.46. The highest BCUT2D eigenvalue weighted by atomic mass is 19.4. The molecule has 0 aromatic rings. The summed E-state index contributed by atoms with van der Waals surface area (Å²) in [6.07, 6.45) is 0.583. The van der Waals surface area contributed by atoms with Gasteiger partial charge in [0.25, 0.3) is 0 Å². The number of nitrogens with two attached hydrogens (primary N) is 1. The van der Waals surface area contributed by atoms with Gasteiger partial charge in [-0.1, -0.05) is 18.5 Å². The van der Waals surface area contributed by atoms with Crippen LogP contribution in [0.25, 0.3) is 0 Å². The summed E-state index contributed by atoms with van der Waals surface area (Å²) in [5.74, 6) is -1.99. The molecule has 1 aliphatic carbocycles. The third-order valence-corrected chi connectivity index (χ3v) is 4.36. The fraction of sp³-hybridized carbons (Fsp3) is 0.923. The Hall–Kier alpha value is -0.980. The molecule has 0 amide bonds. The van der Waals surface area contributed by atoms with Gasteiger partial charge in [0, 0.05) is 12.6 Å². The van der Waals surface area contributed by atoms with Gasteiger partial charge in [0.05, 0.1) is 0 Å². The van der Waals surface area contributed by atoms with Crippen LogP contribution in [-0.2, 0) is 0 Å². The standard InChI is InChI=1S/C13H24F3N3O/c1-3-9-4-6-10(7-5-9)19(2)8-11(12(17)18-20)13(14,15)16/h9-11,20H,3-8H2,1-2H3,(H2,17,18). The van der Waals surface area contributed by atoms with Gasteiger partial charge in [0.2, 0.25) is 0 Å².